The summed E-state index contributed by atoms with van der Waals surface area (Å²) >= 11 is 0. The average molecular weight is 348 g/mol. The highest BCUT2D eigenvalue weighted by Crippen LogP contribution is 2.29. The molecular weight excluding hydrogens is 326 g/mol. The third-order valence-corrected chi connectivity index (χ3v) is 4.74. The number of hydrogen-bond donors (Lipinski definition) is 1. The van der Waals surface area contributed by atoms with Crippen LogP contribution in [0.1, 0.15) is 41.7 Å². The van der Waals surface area contributed by atoms with Gasteiger partial charge < -0.3 is 9.88 Å². The van der Waals surface area contributed by atoms with E-state index in [1.807, 2.05) is 24.6 Å². The fourth-order valence-electron chi connectivity index (χ4n) is 3.29. The van der Waals surface area contributed by atoms with E-state index in [9.17, 15) is 13.6 Å². The van der Waals surface area contributed by atoms with Crippen LogP contribution in [-0.4, -0.2) is 32.9 Å². The summed E-state index contributed by atoms with van der Waals surface area (Å²) in [6, 6.07) is 3.58. The molecule has 2 aromatic rings. The Balaban J connectivity index is 1.71. The molecule has 3 rings (SSSR count). The molecule has 7 heteroatoms. The van der Waals surface area contributed by atoms with Gasteiger partial charge in [0.15, 0.2) is 0 Å². The smallest absolute Gasteiger partial charge is 0.270 e. The molecule has 0 unspecified atom stereocenters. The first-order valence-corrected chi connectivity index (χ1v) is 8.48. The maximum absolute atomic E-state index is 12.7. The molecule has 0 saturated heterocycles. The number of rotatable bonds is 4. The Morgan fingerprint density at radius 3 is 2.60 bits per heavy atom. The van der Waals surface area contributed by atoms with Crippen molar-refractivity contribution in [3.63, 3.8) is 0 Å². The lowest BCUT2D eigenvalue weighted by atomic mass is 9.86. The molecule has 2 heterocycles. The second-order valence-electron chi connectivity index (χ2n) is 6.72. The van der Waals surface area contributed by atoms with Crippen molar-refractivity contribution in [1.82, 2.24) is 19.9 Å². The molecule has 0 atom stereocenters. The number of carbonyl (C=O) groups excluding carboxylic acids is 1. The molecule has 134 valence electrons. The summed E-state index contributed by atoms with van der Waals surface area (Å²) in [5.74, 6) is -0.797. The largest absolute Gasteiger partial charge is 0.348 e. The van der Waals surface area contributed by atoms with Gasteiger partial charge in [0.25, 0.3) is 5.91 Å². The third-order valence-electron chi connectivity index (χ3n) is 4.74. The summed E-state index contributed by atoms with van der Waals surface area (Å²) < 4.78 is 27.3. The van der Waals surface area contributed by atoms with E-state index in [1.165, 1.54) is 0 Å². The Kier molecular flexibility index (Phi) is 5.11. The summed E-state index contributed by atoms with van der Waals surface area (Å²) in [7, 11) is 1.87. The van der Waals surface area contributed by atoms with Gasteiger partial charge in [-0.25, -0.2) is 18.7 Å². The second kappa shape index (κ2) is 7.29. The van der Waals surface area contributed by atoms with Crippen molar-refractivity contribution in [1.29, 1.82) is 0 Å². The number of pyridine rings is 1. The summed E-state index contributed by atoms with van der Waals surface area (Å²) in [4.78, 5) is 21.1. The van der Waals surface area contributed by atoms with Crippen LogP contribution in [0.15, 0.2) is 24.7 Å². The molecule has 1 amide bonds. The number of nitrogens with one attached hydrogen (secondary N) is 1. The Morgan fingerprint density at radius 2 is 2.00 bits per heavy atom. The minimum absolute atomic E-state index is 0.0648. The van der Waals surface area contributed by atoms with Gasteiger partial charge in [-0.1, -0.05) is 0 Å². The van der Waals surface area contributed by atoms with Crippen LogP contribution in [0.5, 0.6) is 0 Å². The normalized spacial score (nSPS) is 20.7. The van der Waals surface area contributed by atoms with Crippen molar-refractivity contribution in [3.8, 4) is 11.4 Å². The van der Waals surface area contributed by atoms with Crippen LogP contribution in [0, 0.1) is 12.8 Å². The third kappa shape index (κ3) is 4.03. The molecule has 0 radical (unpaired) electrons. The number of hydrogen-bond acceptors (Lipinski definition) is 3. The number of halogens is 2. The number of nitrogens with zero attached hydrogens (tertiary/aromatic N) is 3. The number of imidazole rings is 1. The van der Waals surface area contributed by atoms with Crippen LogP contribution in [0.2, 0.25) is 0 Å². The molecule has 2 aromatic heterocycles. The zero-order valence-corrected chi connectivity index (χ0v) is 14.4. The Hall–Kier alpha value is -2.31. The van der Waals surface area contributed by atoms with E-state index in [0.717, 1.165) is 11.3 Å². The fourth-order valence-corrected chi connectivity index (χ4v) is 3.29. The highest BCUT2D eigenvalue weighted by molar-refractivity contribution is 5.93. The standard InChI is InChI=1S/C18H22F2N4O/c1-11-7-14(16-9-21-10-24(16)2)23-15(8-11)18(25)22-13-5-3-12(4-6-13)17(19)20/h7-10,12-13,17H,3-6H2,1-2H3,(H,22,25)/t12-,13-. The molecule has 1 N–H and O–H groups in total. The molecule has 1 aliphatic rings. The second-order valence-corrected chi connectivity index (χ2v) is 6.72. The van der Waals surface area contributed by atoms with Gasteiger partial charge in [0.05, 0.1) is 23.9 Å². The van der Waals surface area contributed by atoms with E-state index in [-0.39, 0.29) is 11.9 Å². The quantitative estimate of drug-likeness (QED) is 0.922. The van der Waals surface area contributed by atoms with Crippen molar-refractivity contribution < 1.29 is 13.6 Å². The van der Waals surface area contributed by atoms with Crippen molar-refractivity contribution in [2.75, 3.05) is 0 Å². The van der Waals surface area contributed by atoms with Gasteiger partial charge in [0.2, 0.25) is 6.43 Å². The van der Waals surface area contributed by atoms with Gasteiger partial charge in [-0.2, -0.15) is 0 Å². The highest BCUT2D eigenvalue weighted by Gasteiger charge is 2.28. The summed E-state index contributed by atoms with van der Waals surface area (Å²) in [6.07, 6.45) is 3.18. The zero-order chi connectivity index (χ0) is 18.0. The SMILES string of the molecule is Cc1cc(C(=O)N[C@H]2CC[C@H](C(F)F)CC2)nc(-c2cncn2C)c1. The lowest BCUT2D eigenvalue weighted by Crippen LogP contribution is -2.39. The monoisotopic (exact) mass is 348 g/mol. The first kappa shape index (κ1) is 17.5. The van der Waals surface area contributed by atoms with E-state index < -0.39 is 12.3 Å². The summed E-state index contributed by atoms with van der Waals surface area (Å²) in [6.45, 7) is 1.91. The van der Waals surface area contributed by atoms with Crippen molar-refractivity contribution in [2.45, 2.75) is 45.1 Å². The minimum atomic E-state index is -2.27. The van der Waals surface area contributed by atoms with E-state index >= 15 is 0 Å². The van der Waals surface area contributed by atoms with Crippen LogP contribution in [0.25, 0.3) is 11.4 Å². The molecule has 5 nitrogen and oxygen atoms in total. The maximum atomic E-state index is 12.7. The number of amides is 1. The van der Waals surface area contributed by atoms with E-state index in [0.29, 0.717) is 37.1 Å². The Morgan fingerprint density at radius 1 is 1.28 bits per heavy atom. The lowest BCUT2D eigenvalue weighted by molar-refractivity contribution is 0.0499. The van der Waals surface area contributed by atoms with Gasteiger partial charge >= 0.3 is 0 Å². The van der Waals surface area contributed by atoms with Crippen LogP contribution in [0.3, 0.4) is 0 Å². The molecule has 0 aromatic carbocycles. The van der Waals surface area contributed by atoms with E-state index in [4.69, 9.17) is 0 Å². The van der Waals surface area contributed by atoms with Gasteiger partial charge in [0, 0.05) is 19.0 Å². The summed E-state index contributed by atoms with van der Waals surface area (Å²) in [5, 5.41) is 2.94. The van der Waals surface area contributed by atoms with Gasteiger partial charge in [-0.3, -0.25) is 4.79 Å². The first-order valence-electron chi connectivity index (χ1n) is 8.48. The number of aromatic nitrogens is 3. The minimum Gasteiger partial charge on any atom is -0.348 e. The number of alkyl halides is 2. The van der Waals surface area contributed by atoms with E-state index in [1.54, 1.807) is 18.6 Å². The predicted octanol–water partition coefficient (Wildman–Crippen LogP) is 3.34. The van der Waals surface area contributed by atoms with Crippen molar-refractivity contribution in [3.05, 3.63) is 35.9 Å². The van der Waals surface area contributed by atoms with Gasteiger partial charge in [0.1, 0.15) is 5.69 Å². The Labute approximate surface area is 145 Å². The molecule has 0 spiro atoms. The molecular formula is C18H22F2N4O. The van der Waals surface area contributed by atoms with Gasteiger partial charge in [-0.15, -0.1) is 0 Å². The topological polar surface area (TPSA) is 59.8 Å². The molecule has 0 bridgehead atoms. The predicted molar refractivity (Wildman–Crippen MR) is 90.4 cm³/mol. The van der Waals surface area contributed by atoms with E-state index in [2.05, 4.69) is 15.3 Å². The average Bonchev–Trinajstić information content (AvgIpc) is 3.01. The summed E-state index contributed by atoms with van der Waals surface area (Å²) in [5.41, 5.74) is 2.78. The number of carbonyl (C=O) groups is 1. The van der Waals surface area contributed by atoms with Crippen LogP contribution >= 0.6 is 0 Å². The van der Waals surface area contributed by atoms with Crippen LogP contribution < -0.4 is 5.32 Å². The van der Waals surface area contributed by atoms with Gasteiger partial charge in [-0.05, 0) is 50.3 Å². The van der Waals surface area contributed by atoms with Crippen molar-refractivity contribution >= 4 is 5.91 Å². The first-order chi connectivity index (χ1) is 11.9. The fraction of sp³-hybridized carbons (Fsp3) is 0.500. The molecule has 1 aliphatic carbocycles. The molecule has 25 heavy (non-hydrogen) atoms. The molecule has 0 aliphatic heterocycles. The molecule has 1 saturated carbocycles. The Bertz CT molecular complexity index is 751. The zero-order valence-electron chi connectivity index (χ0n) is 14.4. The van der Waals surface area contributed by atoms with Crippen LogP contribution in [0.4, 0.5) is 8.78 Å². The van der Waals surface area contributed by atoms with Crippen LogP contribution in [-0.2, 0) is 7.05 Å². The highest BCUT2D eigenvalue weighted by atomic mass is 19.3. The number of aryl methyl sites for hydroxylation is 2. The van der Waals surface area contributed by atoms with Crippen molar-refractivity contribution in [2.24, 2.45) is 13.0 Å². The maximum Gasteiger partial charge on any atom is 0.270 e. The molecule has 1 fully saturated rings. The lowest BCUT2D eigenvalue weighted by Gasteiger charge is -2.28.